The number of rotatable bonds is 3. The van der Waals surface area contributed by atoms with Gasteiger partial charge in [-0.25, -0.2) is 4.68 Å². The highest BCUT2D eigenvalue weighted by molar-refractivity contribution is 5.39. The largest absolute Gasteiger partial charge is 0.487 e. The Morgan fingerprint density at radius 1 is 1.14 bits per heavy atom. The first kappa shape index (κ1) is 13.0. The van der Waals surface area contributed by atoms with Crippen molar-refractivity contribution >= 4 is 0 Å². The van der Waals surface area contributed by atoms with E-state index in [4.69, 9.17) is 4.74 Å². The number of nitrogens with zero attached hydrogens (tertiary/aromatic N) is 4. The Labute approximate surface area is 128 Å². The third kappa shape index (κ3) is 2.24. The van der Waals surface area contributed by atoms with E-state index in [1.165, 1.54) is 11.1 Å². The van der Waals surface area contributed by atoms with Gasteiger partial charge in [0.05, 0.1) is 0 Å². The van der Waals surface area contributed by atoms with Gasteiger partial charge in [0.2, 0.25) is 0 Å². The fourth-order valence-corrected chi connectivity index (χ4v) is 2.98. The molecule has 0 saturated carbocycles. The van der Waals surface area contributed by atoms with Gasteiger partial charge in [-0.15, -0.1) is 5.10 Å². The molecule has 4 rings (SSSR count). The molecule has 3 aromatic rings. The Bertz CT molecular complexity index is 743. The molecule has 2 aromatic carbocycles. The Balaban J connectivity index is 1.72. The summed E-state index contributed by atoms with van der Waals surface area (Å²) >= 11 is 0. The standard InChI is InChI=1S/C17H16N4O/c1-12-6-8-13(9-7-12)17(21-11-18-19-20-21)16-10-14-4-2-3-5-15(14)22-16/h2-9,11,16-17H,10H2,1H3. The van der Waals surface area contributed by atoms with Crippen molar-refractivity contribution in [2.45, 2.75) is 25.5 Å². The molecule has 0 amide bonds. The molecule has 1 aliphatic heterocycles. The zero-order chi connectivity index (χ0) is 14.9. The zero-order valence-electron chi connectivity index (χ0n) is 12.3. The summed E-state index contributed by atoms with van der Waals surface area (Å²) < 4.78 is 7.94. The van der Waals surface area contributed by atoms with Crippen molar-refractivity contribution in [3.8, 4) is 5.75 Å². The lowest BCUT2D eigenvalue weighted by Gasteiger charge is -2.23. The first-order valence-corrected chi connectivity index (χ1v) is 7.35. The van der Waals surface area contributed by atoms with Gasteiger partial charge in [0, 0.05) is 6.42 Å². The number of aryl methyl sites for hydroxylation is 1. The van der Waals surface area contributed by atoms with Crippen molar-refractivity contribution in [3.05, 3.63) is 71.5 Å². The molecule has 2 unspecified atom stereocenters. The van der Waals surface area contributed by atoms with Crippen LogP contribution >= 0.6 is 0 Å². The van der Waals surface area contributed by atoms with Crippen molar-refractivity contribution in [1.82, 2.24) is 20.2 Å². The van der Waals surface area contributed by atoms with Gasteiger partial charge in [-0.1, -0.05) is 48.0 Å². The highest BCUT2D eigenvalue weighted by atomic mass is 16.5. The zero-order valence-corrected chi connectivity index (χ0v) is 12.3. The van der Waals surface area contributed by atoms with E-state index >= 15 is 0 Å². The van der Waals surface area contributed by atoms with E-state index in [0.29, 0.717) is 0 Å². The summed E-state index contributed by atoms with van der Waals surface area (Å²) in [7, 11) is 0. The van der Waals surface area contributed by atoms with Crippen LogP contribution in [0.25, 0.3) is 0 Å². The summed E-state index contributed by atoms with van der Waals surface area (Å²) in [6.45, 7) is 2.08. The van der Waals surface area contributed by atoms with Crippen LogP contribution in [-0.2, 0) is 6.42 Å². The van der Waals surface area contributed by atoms with Crippen LogP contribution < -0.4 is 4.74 Å². The first-order valence-electron chi connectivity index (χ1n) is 7.35. The fraction of sp³-hybridized carbons (Fsp3) is 0.235. The third-order valence-electron chi connectivity index (χ3n) is 4.09. The van der Waals surface area contributed by atoms with Crippen LogP contribution in [0, 0.1) is 6.92 Å². The van der Waals surface area contributed by atoms with Gasteiger partial charge in [-0.3, -0.25) is 0 Å². The second-order valence-corrected chi connectivity index (χ2v) is 5.61. The van der Waals surface area contributed by atoms with Crippen LogP contribution in [0.2, 0.25) is 0 Å². The van der Waals surface area contributed by atoms with Gasteiger partial charge in [0.15, 0.2) is 0 Å². The lowest BCUT2D eigenvalue weighted by molar-refractivity contribution is 0.173. The first-order chi connectivity index (χ1) is 10.8. The fourth-order valence-electron chi connectivity index (χ4n) is 2.98. The highest BCUT2D eigenvalue weighted by Gasteiger charge is 2.33. The lowest BCUT2D eigenvalue weighted by Crippen LogP contribution is -2.29. The minimum atomic E-state index is -0.0389. The maximum Gasteiger partial charge on any atom is 0.139 e. The summed E-state index contributed by atoms with van der Waals surface area (Å²) in [5, 5.41) is 11.7. The van der Waals surface area contributed by atoms with Gasteiger partial charge in [0.1, 0.15) is 24.2 Å². The predicted octanol–water partition coefficient (Wildman–Crippen LogP) is 2.57. The van der Waals surface area contributed by atoms with Gasteiger partial charge in [0.25, 0.3) is 0 Å². The second-order valence-electron chi connectivity index (χ2n) is 5.61. The molecule has 0 aliphatic carbocycles. The number of para-hydroxylation sites is 1. The summed E-state index contributed by atoms with van der Waals surface area (Å²) in [5.41, 5.74) is 3.61. The van der Waals surface area contributed by atoms with Crippen LogP contribution in [0.1, 0.15) is 22.7 Å². The Morgan fingerprint density at radius 3 is 2.68 bits per heavy atom. The van der Waals surface area contributed by atoms with E-state index in [-0.39, 0.29) is 12.1 Å². The molecule has 0 bridgehead atoms. The van der Waals surface area contributed by atoms with E-state index in [1.807, 2.05) is 18.2 Å². The Hall–Kier alpha value is -2.69. The third-order valence-corrected chi connectivity index (χ3v) is 4.09. The molecule has 0 spiro atoms. The molecular formula is C17H16N4O. The molecule has 2 atom stereocenters. The van der Waals surface area contributed by atoms with E-state index in [1.54, 1.807) is 11.0 Å². The normalized spacial score (nSPS) is 17.8. The SMILES string of the molecule is Cc1ccc(C(C2Cc3ccccc3O2)n2cnnn2)cc1. The van der Waals surface area contributed by atoms with Gasteiger partial charge in [-0.05, 0) is 34.5 Å². The monoisotopic (exact) mass is 292 g/mol. The molecule has 110 valence electrons. The number of ether oxygens (including phenoxy) is 1. The molecule has 1 aliphatic rings. The van der Waals surface area contributed by atoms with E-state index in [9.17, 15) is 0 Å². The average Bonchev–Trinajstić information content (AvgIpc) is 3.19. The predicted molar refractivity (Wildman–Crippen MR) is 81.7 cm³/mol. The van der Waals surface area contributed by atoms with E-state index in [2.05, 4.69) is 52.8 Å². The van der Waals surface area contributed by atoms with Crippen LogP contribution in [0.5, 0.6) is 5.75 Å². The number of hydrogen-bond acceptors (Lipinski definition) is 4. The molecule has 22 heavy (non-hydrogen) atoms. The van der Waals surface area contributed by atoms with Crippen LogP contribution in [0.4, 0.5) is 0 Å². The molecular weight excluding hydrogens is 276 g/mol. The lowest BCUT2D eigenvalue weighted by atomic mass is 9.97. The van der Waals surface area contributed by atoms with E-state index in [0.717, 1.165) is 17.7 Å². The van der Waals surface area contributed by atoms with Crippen molar-refractivity contribution in [1.29, 1.82) is 0 Å². The van der Waals surface area contributed by atoms with Crippen molar-refractivity contribution in [2.24, 2.45) is 0 Å². The Kier molecular flexibility index (Phi) is 3.11. The number of benzene rings is 2. The number of hydrogen-bond donors (Lipinski definition) is 0. The van der Waals surface area contributed by atoms with Crippen molar-refractivity contribution in [2.75, 3.05) is 0 Å². The quantitative estimate of drug-likeness (QED) is 0.744. The smallest absolute Gasteiger partial charge is 0.139 e. The number of fused-ring (bicyclic) bond motifs is 1. The van der Waals surface area contributed by atoms with Gasteiger partial charge in [-0.2, -0.15) is 0 Å². The number of tetrazole rings is 1. The molecule has 2 heterocycles. The van der Waals surface area contributed by atoms with Crippen molar-refractivity contribution in [3.63, 3.8) is 0 Å². The summed E-state index contributed by atoms with van der Waals surface area (Å²) in [5.74, 6) is 0.956. The van der Waals surface area contributed by atoms with Gasteiger partial charge < -0.3 is 4.74 Å². The molecule has 0 radical (unpaired) electrons. The highest BCUT2D eigenvalue weighted by Crippen LogP contribution is 2.35. The Morgan fingerprint density at radius 2 is 1.95 bits per heavy atom. The maximum atomic E-state index is 6.16. The maximum absolute atomic E-state index is 6.16. The minimum Gasteiger partial charge on any atom is -0.487 e. The summed E-state index contributed by atoms with van der Waals surface area (Å²) in [6, 6.07) is 16.6. The molecule has 1 aromatic heterocycles. The molecule has 5 nitrogen and oxygen atoms in total. The van der Waals surface area contributed by atoms with E-state index < -0.39 is 0 Å². The topological polar surface area (TPSA) is 52.8 Å². The van der Waals surface area contributed by atoms with Crippen LogP contribution in [0.3, 0.4) is 0 Å². The second kappa shape index (κ2) is 5.26. The minimum absolute atomic E-state index is 0.0105. The molecule has 0 fully saturated rings. The summed E-state index contributed by atoms with van der Waals surface area (Å²) in [6.07, 6.45) is 2.49. The average molecular weight is 292 g/mol. The molecule has 5 heteroatoms. The van der Waals surface area contributed by atoms with Crippen molar-refractivity contribution < 1.29 is 4.74 Å². The van der Waals surface area contributed by atoms with Gasteiger partial charge >= 0.3 is 0 Å². The summed E-state index contributed by atoms with van der Waals surface area (Å²) in [4.78, 5) is 0. The number of aromatic nitrogens is 4. The van der Waals surface area contributed by atoms with Crippen LogP contribution in [0.15, 0.2) is 54.9 Å². The van der Waals surface area contributed by atoms with Crippen LogP contribution in [-0.4, -0.2) is 26.3 Å². The molecule has 0 N–H and O–H groups in total. The molecule has 0 saturated heterocycles.